The smallest absolute Gasteiger partial charge is 0.146 e. The maximum atomic E-state index is 5.47. The first-order valence-electron chi connectivity index (χ1n) is 4.40. The van der Waals surface area contributed by atoms with Crippen molar-refractivity contribution in [1.29, 1.82) is 0 Å². The number of nitrogens with one attached hydrogen (secondary N) is 1. The lowest BCUT2D eigenvalue weighted by Crippen LogP contribution is -2.23. The van der Waals surface area contributed by atoms with Crippen LogP contribution in [-0.4, -0.2) is 39.2 Å². The minimum absolute atomic E-state index is 0.109. The quantitative estimate of drug-likeness (QED) is 0.366. The molecule has 0 spiro atoms. The zero-order valence-electron chi connectivity index (χ0n) is 7.44. The summed E-state index contributed by atoms with van der Waals surface area (Å²) in [4.78, 5) is 0. The SMILES string of the molecule is C[SiH2]O[SiH2]CCCNCCN. The fourth-order valence-corrected chi connectivity index (χ4v) is 3.25. The Morgan fingerprint density at radius 2 is 2.27 bits per heavy atom. The Morgan fingerprint density at radius 1 is 1.45 bits per heavy atom. The highest BCUT2D eigenvalue weighted by Gasteiger charge is 1.88. The molecule has 0 aromatic heterocycles. The van der Waals surface area contributed by atoms with Crippen molar-refractivity contribution >= 4 is 19.5 Å². The second kappa shape index (κ2) is 10.3. The first-order chi connectivity index (χ1) is 5.41. The van der Waals surface area contributed by atoms with Crippen LogP contribution in [0, 0.1) is 0 Å². The van der Waals surface area contributed by atoms with Gasteiger partial charge in [0.2, 0.25) is 0 Å². The first-order valence-corrected chi connectivity index (χ1v) is 7.97. The molecule has 0 aromatic carbocycles. The number of nitrogens with two attached hydrogens (primary N) is 1. The van der Waals surface area contributed by atoms with Crippen LogP contribution in [0.2, 0.25) is 12.6 Å². The van der Waals surface area contributed by atoms with Crippen LogP contribution in [0.1, 0.15) is 6.42 Å². The molecule has 0 aliphatic heterocycles. The van der Waals surface area contributed by atoms with E-state index in [9.17, 15) is 0 Å². The third-order valence-electron chi connectivity index (χ3n) is 1.42. The third-order valence-corrected chi connectivity index (χ3v) is 4.99. The number of hydrogen-bond donors (Lipinski definition) is 2. The molecule has 3 N–H and O–H groups in total. The zero-order chi connectivity index (χ0) is 8.36. The van der Waals surface area contributed by atoms with Crippen molar-refractivity contribution in [3.63, 3.8) is 0 Å². The predicted octanol–water partition coefficient (Wildman–Crippen LogP) is -1.42. The average Bonchev–Trinajstić information content (AvgIpc) is 2.03. The molecule has 0 atom stereocenters. The maximum absolute atomic E-state index is 5.47. The standard InChI is InChI=1S/C6H20N2OSi2/c1-10-9-11-6-2-4-8-5-3-7/h8H,2-7,10-11H2,1H3. The summed E-state index contributed by atoms with van der Waals surface area (Å²) < 4.78 is 5.47. The van der Waals surface area contributed by atoms with Crippen LogP contribution in [0.25, 0.3) is 0 Å². The summed E-state index contributed by atoms with van der Waals surface area (Å²) in [5, 5.41) is 3.26. The highest BCUT2D eigenvalue weighted by molar-refractivity contribution is 6.41. The largest absolute Gasteiger partial charge is 0.465 e. The van der Waals surface area contributed by atoms with Gasteiger partial charge in [0.05, 0.1) is 0 Å². The molecular formula is C6H20N2OSi2. The van der Waals surface area contributed by atoms with Crippen LogP contribution in [0.5, 0.6) is 0 Å². The molecule has 68 valence electrons. The molecule has 0 aromatic rings. The van der Waals surface area contributed by atoms with E-state index in [1.165, 1.54) is 12.5 Å². The van der Waals surface area contributed by atoms with Crippen LogP contribution in [0.3, 0.4) is 0 Å². The van der Waals surface area contributed by atoms with E-state index in [0.717, 1.165) is 19.6 Å². The summed E-state index contributed by atoms with van der Waals surface area (Å²) >= 11 is 0. The van der Waals surface area contributed by atoms with E-state index >= 15 is 0 Å². The average molecular weight is 192 g/mol. The summed E-state index contributed by atoms with van der Waals surface area (Å²) in [5.74, 6) is 0. The molecule has 11 heavy (non-hydrogen) atoms. The molecular weight excluding hydrogens is 172 g/mol. The van der Waals surface area contributed by atoms with Gasteiger partial charge in [-0.05, 0) is 19.0 Å². The molecule has 5 heteroatoms. The Balaban J connectivity index is 2.69. The van der Waals surface area contributed by atoms with E-state index in [2.05, 4.69) is 11.9 Å². The lowest BCUT2D eigenvalue weighted by atomic mass is 10.5. The van der Waals surface area contributed by atoms with Crippen molar-refractivity contribution in [2.45, 2.75) is 19.0 Å². The van der Waals surface area contributed by atoms with E-state index in [4.69, 9.17) is 9.85 Å². The summed E-state index contributed by atoms with van der Waals surface area (Å²) in [6.45, 7) is 5.00. The van der Waals surface area contributed by atoms with Gasteiger partial charge in [-0.25, -0.2) is 0 Å². The van der Waals surface area contributed by atoms with E-state index in [0.29, 0.717) is 0 Å². The molecule has 0 rings (SSSR count). The van der Waals surface area contributed by atoms with Crippen LogP contribution in [0.4, 0.5) is 0 Å². The van der Waals surface area contributed by atoms with Crippen molar-refractivity contribution in [3.8, 4) is 0 Å². The van der Waals surface area contributed by atoms with Gasteiger partial charge >= 0.3 is 0 Å². The minimum Gasteiger partial charge on any atom is -0.465 e. The van der Waals surface area contributed by atoms with Crippen LogP contribution in [0.15, 0.2) is 0 Å². The molecule has 3 nitrogen and oxygen atoms in total. The molecule has 0 aliphatic carbocycles. The molecule has 0 unspecified atom stereocenters. The minimum atomic E-state index is -0.132. The van der Waals surface area contributed by atoms with Crippen molar-refractivity contribution < 1.29 is 4.12 Å². The van der Waals surface area contributed by atoms with E-state index in [1.807, 2.05) is 0 Å². The van der Waals surface area contributed by atoms with Gasteiger partial charge in [0.1, 0.15) is 19.5 Å². The summed E-state index contributed by atoms with van der Waals surface area (Å²) in [5.41, 5.74) is 5.32. The third kappa shape index (κ3) is 10.3. The summed E-state index contributed by atoms with van der Waals surface area (Å²) in [7, 11) is -0.241. The Labute approximate surface area is 74.0 Å². The van der Waals surface area contributed by atoms with Crippen LogP contribution < -0.4 is 11.1 Å². The molecule has 0 radical (unpaired) electrons. The molecule has 0 amide bonds. The van der Waals surface area contributed by atoms with Crippen LogP contribution >= 0.6 is 0 Å². The van der Waals surface area contributed by atoms with Gasteiger partial charge in [-0.3, -0.25) is 0 Å². The molecule has 0 heterocycles. The molecule has 0 aliphatic rings. The summed E-state index contributed by atoms with van der Waals surface area (Å²) in [6.07, 6.45) is 1.26. The fourth-order valence-electron chi connectivity index (χ4n) is 0.826. The van der Waals surface area contributed by atoms with Gasteiger partial charge in [0, 0.05) is 13.1 Å². The van der Waals surface area contributed by atoms with Gasteiger partial charge in [-0.15, -0.1) is 0 Å². The summed E-state index contributed by atoms with van der Waals surface area (Å²) in [6, 6.07) is 1.32. The first kappa shape index (κ1) is 11.3. The van der Waals surface area contributed by atoms with Crippen molar-refractivity contribution in [3.05, 3.63) is 0 Å². The van der Waals surface area contributed by atoms with E-state index in [1.54, 1.807) is 0 Å². The number of hydrogen-bond acceptors (Lipinski definition) is 3. The second-order valence-electron chi connectivity index (χ2n) is 2.44. The van der Waals surface area contributed by atoms with Gasteiger partial charge < -0.3 is 15.2 Å². The molecule has 0 saturated heterocycles. The highest BCUT2D eigenvalue weighted by Crippen LogP contribution is 1.86. The lowest BCUT2D eigenvalue weighted by Gasteiger charge is -2.02. The number of rotatable bonds is 8. The van der Waals surface area contributed by atoms with E-state index < -0.39 is 0 Å². The Bertz CT molecular complexity index is 67.6. The maximum Gasteiger partial charge on any atom is 0.146 e. The molecule has 0 fully saturated rings. The zero-order valence-corrected chi connectivity index (χ0v) is 10.3. The second-order valence-corrected chi connectivity index (χ2v) is 5.77. The van der Waals surface area contributed by atoms with Gasteiger partial charge in [-0.1, -0.05) is 6.55 Å². The monoisotopic (exact) mass is 192 g/mol. The Kier molecular flexibility index (Phi) is 10.6. The Hall–Kier alpha value is 0.314. The van der Waals surface area contributed by atoms with Crippen molar-refractivity contribution in [2.24, 2.45) is 5.73 Å². The Morgan fingerprint density at radius 3 is 2.91 bits per heavy atom. The topological polar surface area (TPSA) is 47.3 Å². The van der Waals surface area contributed by atoms with Crippen LogP contribution in [-0.2, 0) is 4.12 Å². The molecule has 0 bridgehead atoms. The highest BCUT2D eigenvalue weighted by atomic mass is 28.3. The van der Waals surface area contributed by atoms with Gasteiger partial charge in [-0.2, -0.15) is 0 Å². The fraction of sp³-hybridized carbons (Fsp3) is 1.00. The molecule has 0 saturated carbocycles. The predicted molar refractivity (Wildman–Crippen MR) is 55.4 cm³/mol. The lowest BCUT2D eigenvalue weighted by molar-refractivity contribution is 0.623. The van der Waals surface area contributed by atoms with Crippen molar-refractivity contribution in [1.82, 2.24) is 5.32 Å². The van der Waals surface area contributed by atoms with Gasteiger partial charge in [0.25, 0.3) is 0 Å². The van der Waals surface area contributed by atoms with Crippen molar-refractivity contribution in [2.75, 3.05) is 19.6 Å². The van der Waals surface area contributed by atoms with E-state index in [-0.39, 0.29) is 19.5 Å². The normalized spacial score (nSPS) is 12.5. The van der Waals surface area contributed by atoms with Gasteiger partial charge in [0.15, 0.2) is 0 Å².